The van der Waals surface area contributed by atoms with E-state index in [0.717, 1.165) is 22.9 Å². The Morgan fingerprint density at radius 3 is 2.90 bits per heavy atom. The third-order valence-electron chi connectivity index (χ3n) is 3.93. The molecule has 112 valence electrons. The summed E-state index contributed by atoms with van der Waals surface area (Å²) in [4.78, 5) is 0. The lowest BCUT2D eigenvalue weighted by atomic mass is 10.0. The van der Waals surface area contributed by atoms with Crippen LogP contribution in [0.15, 0.2) is 36.4 Å². The summed E-state index contributed by atoms with van der Waals surface area (Å²) >= 11 is 4.11. The summed E-state index contributed by atoms with van der Waals surface area (Å²) in [7, 11) is 0. The molecule has 1 aliphatic heterocycles. The number of aromatic hydroxyl groups is 1. The number of benzene rings is 2. The number of phenols is 1. The second-order valence-electron chi connectivity index (χ2n) is 5.42. The van der Waals surface area contributed by atoms with Gasteiger partial charge < -0.3 is 10.4 Å². The molecule has 2 atom stereocenters. The van der Waals surface area contributed by atoms with Crippen LogP contribution in [0.5, 0.6) is 5.75 Å². The van der Waals surface area contributed by atoms with Crippen LogP contribution in [-0.4, -0.2) is 34.2 Å². The highest BCUT2D eigenvalue weighted by Gasteiger charge is 2.17. The number of nitrogens with one attached hydrogen (secondary N) is 1. The highest BCUT2D eigenvalue weighted by atomic mass is 32.2. The maximum Gasteiger partial charge on any atom is 0.128 e. The largest absolute Gasteiger partial charge is 0.507 e. The van der Waals surface area contributed by atoms with Gasteiger partial charge in [0.15, 0.2) is 0 Å². The van der Waals surface area contributed by atoms with Gasteiger partial charge in [0.05, 0.1) is 0 Å². The Balaban J connectivity index is 1.71. The van der Waals surface area contributed by atoms with Crippen molar-refractivity contribution in [2.75, 3.05) is 23.8 Å². The SMILES string of the molecule is CC(NCC1CSCCS1)c1ccc2ccccc2c1O. The molecule has 2 aromatic carbocycles. The number of phenolic OH excluding ortho intramolecular Hbond substituents is 1. The van der Waals surface area contributed by atoms with Crippen LogP contribution in [0.3, 0.4) is 0 Å². The smallest absolute Gasteiger partial charge is 0.128 e. The van der Waals surface area contributed by atoms with E-state index in [9.17, 15) is 5.11 Å². The molecule has 1 fully saturated rings. The lowest BCUT2D eigenvalue weighted by Gasteiger charge is -2.24. The van der Waals surface area contributed by atoms with E-state index in [-0.39, 0.29) is 6.04 Å². The summed E-state index contributed by atoms with van der Waals surface area (Å²) < 4.78 is 0. The number of rotatable bonds is 4. The lowest BCUT2D eigenvalue weighted by molar-refractivity contribution is 0.459. The van der Waals surface area contributed by atoms with Crippen LogP contribution >= 0.6 is 23.5 Å². The van der Waals surface area contributed by atoms with E-state index in [4.69, 9.17) is 0 Å². The van der Waals surface area contributed by atoms with Gasteiger partial charge in [-0.1, -0.05) is 36.4 Å². The van der Waals surface area contributed by atoms with Crippen LogP contribution in [0, 0.1) is 0 Å². The van der Waals surface area contributed by atoms with Gasteiger partial charge in [-0.25, -0.2) is 0 Å². The molecule has 1 aliphatic rings. The molecule has 2 nitrogen and oxygen atoms in total. The normalized spacial score (nSPS) is 20.5. The Labute approximate surface area is 134 Å². The number of thioether (sulfide) groups is 2. The molecule has 3 rings (SSSR count). The number of hydrogen-bond donors (Lipinski definition) is 2. The Kier molecular flexibility index (Phi) is 4.99. The summed E-state index contributed by atoms with van der Waals surface area (Å²) in [5.41, 5.74) is 0.988. The topological polar surface area (TPSA) is 32.3 Å². The number of hydrogen-bond acceptors (Lipinski definition) is 4. The minimum Gasteiger partial charge on any atom is -0.507 e. The van der Waals surface area contributed by atoms with E-state index in [1.807, 2.05) is 42.1 Å². The summed E-state index contributed by atoms with van der Waals surface area (Å²) in [6, 6.07) is 12.3. The second kappa shape index (κ2) is 6.95. The van der Waals surface area contributed by atoms with Gasteiger partial charge in [0.1, 0.15) is 5.75 Å². The fraction of sp³-hybridized carbons (Fsp3) is 0.412. The van der Waals surface area contributed by atoms with Crippen molar-refractivity contribution in [3.63, 3.8) is 0 Å². The second-order valence-corrected chi connectivity index (χ2v) is 7.98. The van der Waals surface area contributed by atoms with Gasteiger partial charge in [-0.3, -0.25) is 0 Å². The molecular formula is C17H21NOS2. The van der Waals surface area contributed by atoms with E-state index in [2.05, 4.69) is 30.1 Å². The standard InChI is InChI=1S/C17H21NOS2/c1-12(18-10-14-11-20-8-9-21-14)15-7-6-13-4-2-3-5-16(13)17(15)19/h2-7,12,14,18-19H,8-11H2,1H3. The van der Waals surface area contributed by atoms with Crippen molar-refractivity contribution in [3.05, 3.63) is 42.0 Å². The Bertz CT molecular complexity index is 611. The first-order valence-electron chi connectivity index (χ1n) is 7.39. The van der Waals surface area contributed by atoms with Crippen molar-refractivity contribution in [2.45, 2.75) is 18.2 Å². The Morgan fingerprint density at radius 1 is 1.24 bits per heavy atom. The minimum absolute atomic E-state index is 0.169. The highest BCUT2D eigenvalue weighted by Crippen LogP contribution is 2.32. The summed E-state index contributed by atoms with van der Waals surface area (Å²) in [5, 5.41) is 16.8. The van der Waals surface area contributed by atoms with E-state index >= 15 is 0 Å². The first-order chi connectivity index (χ1) is 10.3. The average molecular weight is 319 g/mol. The maximum atomic E-state index is 10.5. The molecule has 0 saturated carbocycles. The predicted molar refractivity (Wildman–Crippen MR) is 95.6 cm³/mol. The highest BCUT2D eigenvalue weighted by molar-refractivity contribution is 8.06. The molecule has 0 bridgehead atoms. The molecule has 0 amide bonds. The molecular weight excluding hydrogens is 298 g/mol. The lowest BCUT2D eigenvalue weighted by Crippen LogP contribution is -2.30. The summed E-state index contributed by atoms with van der Waals surface area (Å²) in [6.07, 6.45) is 0. The minimum atomic E-state index is 0.169. The van der Waals surface area contributed by atoms with Crippen molar-refractivity contribution in [3.8, 4) is 5.75 Å². The molecule has 0 aromatic heterocycles. The van der Waals surface area contributed by atoms with E-state index in [0.29, 0.717) is 11.0 Å². The zero-order chi connectivity index (χ0) is 14.7. The van der Waals surface area contributed by atoms with E-state index < -0.39 is 0 Å². The summed E-state index contributed by atoms with van der Waals surface area (Å²) in [6.45, 7) is 3.13. The first kappa shape index (κ1) is 15.1. The first-order valence-corrected chi connectivity index (χ1v) is 9.59. The quantitative estimate of drug-likeness (QED) is 0.891. The molecule has 21 heavy (non-hydrogen) atoms. The fourth-order valence-corrected chi connectivity index (χ4v) is 5.32. The van der Waals surface area contributed by atoms with Gasteiger partial charge in [0, 0.05) is 46.0 Å². The zero-order valence-corrected chi connectivity index (χ0v) is 13.8. The van der Waals surface area contributed by atoms with Gasteiger partial charge in [0.2, 0.25) is 0 Å². The van der Waals surface area contributed by atoms with Crippen molar-refractivity contribution >= 4 is 34.3 Å². The van der Waals surface area contributed by atoms with Crippen LogP contribution in [0.1, 0.15) is 18.5 Å². The molecule has 2 aromatic rings. The predicted octanol–water partition coefficient (Wildman–Crippen LogP) is 4.04. The van der Waals surface area contributed by atoms with Crippen LogP contribution in [-0.2, 0) is 0 Å². The zero-order valence-electron chi connectivity index (χ0n) is 12.2. The number of fused-ring (bicyclic) bond motifs is 1. The van der Waals surface area contributed by atoms with Gasteiger partial charge in [-0.15, -0.1) is 0 Å². The van der Waals surface area contributed by atoms with Gasteiger partial charge >= 0.3 is 0 Å². The van der Waals surface area contributed by atoms with Crippen LogP contribution in [0.4, 0.5) is 0 Å². The molecule has 1 saturated heterocycles. The molecule has 2 unspecified atom stereocenters. The molecule has 2 N–H and O–H groups in total. The summed E-state index contributed by atoms with van der Waals surface area (Å²) in [5.74, 6) is 4.18. The Morgan fingerprint density at radius 2 is 2.10 bits per heavy atom. The maximum absolute atomic E-state index is 10.5. The third kappa shape index (κ3) is 3.50. The van der Waals surface area contributed by atoms with Crippen molar-refractivity contribution in [2.24, 2.45) is 0 Å². The van der Waals surface area contributed by atoms with Crippen LogP contribution in [0.25, 0.3) is 10.8 Å². The molecule has 4 heteroatoms. The Hall–Kier alpha value is -0.840. The molecule has 0 aliphatic carbocycles. The van der Waals surface area contributed by atoms with Crippen molar-refractivity contribution < 1.29 is 5.11 Å². The fourth-order valence-electron chi connectivity index (χ4n) is 2.69. The van der Waals surface area contributed by atoms with Gasteiger partial charge in [0.25, 0.3) is 0 Å². The van der Waals surface area contributed by atoms with Crippen LogP contribution < -0.4 is 5.32 Å². The van der Waals surface area contributed by atoms with Crippen molar-refractivity contribution in [1.82, 2.24) is 5.32 Å². The molecule has 1 heterocycles. The molecule has 0 radical (unpaired) electrons. The van der Waals surface area contributed by atoms with E-state index in [1.165, 1.54) is 17.3 Å². The van der Waals surface area contributed by atoms with Crippen molar-refractivity contribution in [1.29, 1.82) is 0 Å². The third-order valence-corrected chi connectivity index (χ3v) is 6.78. The monoisotopic (exact) mass is 319 g/mol. The van der Waals surface area contributed by atoms with E-state index in [1.54, 1.807) is 0 Å². The van der Waals surface area contributed by atoms with Crippen LogP contribution in [0.2, 0.25) is 0 Å². The van der Waals surface area contributed by atoms with Gasteiger partial charge in [-0.2, -0.15) is 23.5 Å². The molecule has 0 spiro atoms. The average Bonchev–Trinajstić information content (AvgIpc) is 2.54. The van der Waals surface area contributed by atoms with Gasteiger partial charge in [-0.05, 0) is 12.3 Å².